The minimum Gasteiger partial charge on any atom is -0.496 e. The van der Waals surface area contributed by atoms with Crippen molar-refractivity contribution in [2.24, 2.45) is 0 Å². The second-order valence-electron chi connectivity index (χ2n) is 9.46. The number of carbonyl (C=O) groups is 1. The topological polar surface area (TPSA) is 111 Å². The Morgan fingerprint density at radius 1 is 1.20 bits per heavy atom. The van der Waals surface area contributed by atoms with Gasteiger partial charge in [-0.25, -0.2) is 14.2 Å². The summed E-state index contributed by atoms with van der Waals surface area (Å²) < 4.78 is 25.5. The second-order valence-corrected chi connectivity index (χ2v) is 10.3. The van der Waals surface area contributed by atoms with Crippen molar-refractivity contribution in [3.8, 4) is 11.4 Å². The lowest BCUT2D eigenvalue weighted by Crippen LogP contribution is -2.40. The molecule has 40 heavy (non-hydrogen) atoms. The molecule has 0 radical (unpaired) electrons. The molecule has 1 fully saturated rings. The molecule has 210 valence electrons. The SMILES string of the molecule is CCOC(=O)c1cncc(-n2c(=O)c3c(C)csc3n(C[C@H](OC3CCOCC3)c3ccccc3OC)c2=O)c1. The van der Waals surface area contributed by atoms with Crippen molar-refractivity contribution in [1.82, 2.24) is 14.1 Å². The first-order chi connectivity index (χ1) is 19.4. The molecule has 1 atom stereocenters. The summed E-state index contributed by atoms with van der Waals surface area (Å²) in [6.07, 6.45) is 3.60. The van der Waals surface area contributed by atoms with Gasteiger partial charge in [-0.3, -0.25) is 14.3 Å². The van der Waals surface area contributed by atoms with Gasteiger partial charge in [-0.15, -0.1) is 11.3 Å². The lowest BCUT2D eigenvalue weighted by atomic mass is 10.1. The van der Waals surface area contributed by atoms with Crippen LogP contribution in [0.5, 0.6) is 5.75 Å². The number of para-hydroxylation sites is 1. The average Bonchev–Trinajstić information content (AvgIpc) is 3.37. The first-order valence-corrected chi connectivity index (χ1v) is 14.0. The molecule has 10 nitrogen and oxygen atoms in total. The number of hydrogen-bond donors (Lipinski definition) is 0. The van der Waals surface area contributed by atoms with Crippen molar-refractivity contribution in [1.29, 1.82) is 0 Å². The van der Waals surface area contributed by atoms with E-state index in [2.05, 4.69) is 4.98 Å². The van der Waals surface area contributed by atoms with Crippen LogP contribution in [0.2, 0.25) is 0 Å². The third-order valence-corrected chi connectivity index (χ3v) is 8.01. The van der Waals surface area contributed by atoms with Gasteiger partial charge >= 0.3 is 11.7 Å². The minimum absolute atomic E-state index is 0.0590. The zero-order chi connectivity index (χ0) is 28.2. The van der Waals surface area contributed by atoms with Gasteiger partial charge in [0.15, 0.2) is 0 Å². The monoisotopic (exact) mass is 565 g/mol. The van der Waals surface area contributed by atoms with Crippen LogP contribution in [-0.2, 0) is 20.8 Å². The summed E-state index contributed by atoms with van der Waals surface area (Å²) in [5.41, 5.74) is 0.847. The van der Waals surface area contributed by atoms with Crippen LogP contribution in [0.3, 0.4) is 0 Å². The standard InChI is InChI=1S/C29H31N3O7S/c1-4-38-28(34)19-13-20(15-30-14-19)32-26(33)25-18(2)17-40-27(25)31(29(32)35)16-24(39-21-9-11-37-12-10-21)22-7-5-6-8-23(22)36-3/h5-8,13-15,17,21,24H,4,9-12,16H2,1-3H3/t24-/m0/s1. The zero-order valence-electron chi connectivity index (χ0n) is 22.6. The van der Waals surface area contributed by atoms with Crippen molar-refractivity contribution in [3.05, 3.63) is 85.6 Å². The molecule has 0 N–H and O–H groups in total. The van der Waals surface area contributed by atoms with Crippen molar-refractivity contribution in [2.75, 3.05) is 26.9 Å². The molecule has 0 saturated carbocycles. The molecule has 0 aliphatic carbocycles. The second kappa shape index (κ2) is 12.2. The van der Waals surface area contributed by atoms with Crippen LogP contribution >= 0.6 is 11.3 Å². The van der Waals surface area contributed by atoms with E-state index in [0.29, 0.717) is 29.2 Å². The van der Waals surface area contributed by atoms with E-state index in [9.17, 15) is 14.4 Å². The lowest BCUT2D eigenvalue weighted by molar-refractivity contribution is -0.0752. The van der Waals surface area contributed by atoms with E-state index in [4.69, 9.17) is 18.9 Å². The van der Waals surface area contributed by atoms with Gasteiger partial charge < -0.3 is 18.9 Å². The Morgan fingerprint density at radius 2 is 1.98 bits per heavy atom. The van der Waals surface area contributed by atoms with Crippen molar-refractivity contribution < 1.29 is 23.7 Å². The van der Waals surface area contributed by atoms with Crippen LogP contribution in [0.4, 0.5) is 0 Å². The molecule has 1 aromatic carbocycles. The molecule has 3 aromatic heterocycles. The Hall–Kier alpha value is -3.80. The predicted octanol–water partition coefficient (Wildman–Crippen LogP) is 4.04. The number of benzene rings is 1. The number of rotatable bonds is 9. The summed E-state index contributed by atoms with van der Waals surface area (Å²) in [7, 11) is 1.60. The highest BCUT2D eigenvalue weighted by molar-refractivity contribution is 7.17. The van der Waals surface area contributed by atoms with Crippen LogP contribution in [0.1, 0.15) is 47.4 Å². The fraction of sp³-hybridized carbons (Fsp3) is 0.379. The van der Waals surface area contributed by atoms with E-state index in [1.807, 2.05) is 36.6 Å². The maximum absolute atomic E-state index is 14.1. The molecule has 4 aromatic rings. The molecule has 0 bridgehead atoms. The Morgan fingerprint density at radius 3 is 2.73 bits per heavy atom. The van der Waals surface area contributed by atoms with Crippen LogP contribution in [0, 0.1) is 6.92 Å². The number of aromatic nitrogens is 3. The van der Waals surface area contributed by atoms with E-state index in [1.54, 1.807) is 18.6 Å². The number of nitrogens with zero attached hydrogens (tertiary/aromatic N) is 3. The molecule has 4 heterocycles. The highest BCUT2D eigenvalue weighted by Gasteiger charge is 2.27. The molecule has 1 aliphatic heterocycles. The summed E-state index contributed by atoms with van der Waals surface area (Å²) in [5.74, 6) is 0.0602. The molecule has 0 spiro atoms. The van der Waals surface area contributed by atoms with Gasteiger partial charge in [0.05, 0.1) is 49.2 Å². The number of thiophene rings is 1. The number of ether oxygens (including phenoxy) is 4. The average molecular weight is 566 g/mol. The molecule has 1 saturated heterocycles. The minimum atomic E-state index is -0.584. The molecule has 0 amide bonds. The third-order valence-electron chi connectivity index (χ3n) is 6.89. The summed E-state index contributed by atoms with van der Waals surface area (Å²) >= 11 is 1.33. The van der Waals surface area contributed by atoms with E-state index in [1.165, 1.54) is 29.8 Å². The first kappa shape index (κ1) is 27.8. The predicted molar refractivity (Wildman–Crippen MR) is 151 cm³/mol. The Balaban J connectivity index is 1.66. The molecular weight excluding hydrogens is 534 g/mol. The molecule has 1 aliphatic rings. The summed E-state index contributed by atoms with van der Waals surface area (Å²) in [5, 5.41) is 2.29. The van der Waals surface area contributed by atoms with Gasteiger partial charge in [-0.2, -0.15) is 0 Å². The van der Waals surface area contributed by atoms with Gasteiger partial charge in [0.25, 0.3) is 5.56 Å². The van der Waals surface area contributed by atoms with Crippen molar-refractivity contribution >= 4 is 27.5 Å². The van der Waals surface area contributed by atoms with Crippen molar-refractivity contribution in [3.63, 3.8) is 0 Å². The van der Waals surface area contributed by atoms with Crippen LogP contribution in [0.15, 0.2) is 57.7 Å². The highest BCUT2D eigenvalue weighted by atomic mass is 32.1. The molecule has 0 unspecified atom stereocenters. The van der Waals surface area contributed by atoms with Crippen LogP contribution in [-0.4, -0.2) is 53.1 Å². The smallest absolute Gasteiger partial charge is 0.339 e. The quantitative estimate of drug-likeness (QED) is 0.280. The number of pyridine rings is 1. The number of esters is 1. The van der Waals surface area contributed by atoms with Crippen molar-refractivity contribution in [2.45, 2.75) is 45.4 Å². The Kier molecular flexibility index (Phi) is 8.43. The van der Waals surface area contributed by atoms with E-state index in [-0.39, 0.29) is 30.5 Å². The third kappa shape index (κ3) is 5.45. The highest BCUT2D eigenvalue weighted by Crippen LogP contribution is 2.33. The van der Waals surface area contributed by atoms with Crippen LogP contribution in [0.25, 0.3) is 15.9 Å². The van der Waals surface area contributed by atoms with Gasteiger partial charge in [0, 0.05) is 25.0 Å². The fourth-order valence-electron chi connectivity index (χ4n) is 4.92. The van der Waals surface area contributed by atoms with E-state index >= 15 is 0 Å². The summed E-state index contributed by atoms with van der Waals surface area (Å²) in [6, 6.07) is 9.01. The molecule has 5 rings (SSSR count). The zero-order valence-corrected chi connectivity index (χ0v) is 23.4. The maximum atomic E-state index is 14.1. The number of fused-ring (bicyclic) bond motifs is 1. The molecular formula is C29H31N3O7S. The normalized spacial score (nSPS) is 14.8. The lowest BCUT2D eigenvalue weighted by Gasteiger charge is -2.29. The number of aryl methyl sites for hydroxylation is 1. The first-order valence-electron chi connectivity index (χ1n) is 13.1. The Bertz CT molecular complexity index is 1630. The number of carbonyl (C=O) groups excluding carboxylic acids is 1. The van der Waals surface area contributed by atoms with Gasteiger partial charge in [0.1, 0.15) is 16.7 Å². The summed E-state index contributed by atoms with van der Waals surface area (Å²) in [6.45, 7) is 5.07. The molecule has 11 heteroatoms. The van der Waals surface area contributed by atoms with E-state index < -0.39 is 23.3 Å². The van der Waals surface area contributed by atoms with Gasteiger partial charge in [0.2, 0.25) is 0 Å². The maximum Gasteiger partial charge on any atom is 0.339 e. The largest absolute Gasteiger partial charge is 0.496 e. The Labute approximate surface area is 234 Å². The summed E-state index contributed by atoms with van der Waals surface area (Å²) in [4.78, 5) is 44.9. The fourth-order valence-corrected chi connectivity index (χ4v) is 5.97. The van der Waals surface area contributed by atoms with Gasteiger partial charge in [-0.05, 0) is 49.8 Å². The number of hydrogen-bond acceptors (Lipinski definition) is 9. The van der Waals surface area contributed by atoms with Gasteiger partial charge in [-0.1, -0.05) is 18.2 Å². The van der Waals surface area contributed by atoms with Crippen LogP contribution < -0.4 is 16.0 Å². The number of methoxy groups -OCH3 is 1. The van der Waals surface area contributed by atoms with E-state index in [0.717, 1.165) is 28.5 Å².